The molecule has 1 amide bonds. The molecule has 0 spiro atoms. The SMILES string of the molecule is CCCCNC(=O)Cn1cc(CCN)nn1. The molecule has 3 N–H and O–H groups in total. The fourth-order valence-corrected chi connectivity index (χ4v) is 1.29. The van der Waals surface area contributed by atoms with Crippen LogP contribution in [0.4, 0.5) is 0 Å². The number of nitrogens with one attached hydrogen (secondary N) is 1. The molecule has 1 aromatic heterocycles. The van der Waals surface area contributed by atoms with Crippen molar-refractivity contribution in [2.45, 2.75) is 32.7 Å². The van der Waals surface area contributed by atoms with Gasteiger partial charge in [-0.1, -0.05) is 18.6 Å². The van der Waals surface area contributed by atoms with Gasteiger partial charge >= 0.3 is 0 Å². The second kappa shape index (κ2) is 6.95. The Hall–Kier alpha value is -1.43. The van der Waals surface area contributed by atoms with Gasteiger partial charge in [0, 0.05) is 19.2 Å². The molecule has 0 aromatic carbocycles. The molecule has 0 aliphatic rings. The standard InChI is InChI=1S/C10H19N5O/c1-2-3-6-12-10(16)8-15-7-9(4-5-11)13-14-15/h7H,2-6,8,11H2,1H3,(H,12,16). The van der Waals surface area contributed by atoms with E-state index in [9.17, 15) is 4.79 Å². The topological polar surface area (TPSA) is 85.8 Å². The molecule has 16 heavy (non-hydrogen) atoms. The Kier molecular flexibility index (Phi) is 5.49. The zero-order chi connectivity index (χ0) is 11.8. The van der Waals surface area contributed by atoms with E-state index in [1.165, 1.54) is 4.68 Å². The van der Waals surface area contributed by atoms with Gasteiger partial charge < -0.3 is 11.1 Å². The predicted octanol–water partition coefficient (Wildman–Crippen LogP) is -0.304. The number of carbonyl (C=O) groups excluding carboxylic acids is 1. The summed E-state index contributed by atoms with van der Waals surface area (Å²) in [5, 5.41) is 10.6. The number of unbranched alkanes of at least 4 members (excludes halogenated alkanes) is 1. The van der Waals surface area contributed by atoms with Gasteiger partial charge in [0.1, 0.15) is 6.54 Å². The Morgan fingerprint density at radius 3 is 3.12 bits per heavy atom. The predicted molar refractivity (Wildman–Crippen MR) is 60.7 cm³/mol. The molecular formula is C10H19N5O. The summed E-state index contributed by atoms with van der Waals surface area (Å²) in [4.78, 5) is 11.4. The zero-order valence-corrected chi connectivity index (χ0v) is 9.65. The van der Waals surface area contributed by atoms with Crippen LogP contribution in [0.5, 0.6) is 0 Å². The van der Waals surface area contributed by atoms with Crippen LogP contribution in [0.3, 0.4) is 0 Å². The molecule has 90 valence electrons. The lowest BCUT2D eigenvalue weighted by Gasteiger charge is -2.03. The molecule has 6 nitrogen and oxygen atoms in total. The number of carbonyl (C=O) groups is 1. The number of nitrogens with two attached hydrogens (primary N) is 1. The van der Waals surface area contributed by atoms with Crippen molar-refractivity contribution in [2.24, 2.45) is 5.73 Å². The van der Waals surface area contributed by atoms with E-state index in [1.54, 1.807) is 6.20 Å². The average molecular weight is 225 g/mol. The Morgan fingerprint density at radius 1 is 1.62 bits per heavy atom. The third kappa shape index (κ3) is 4.39. The van der Waals surface area contributed by atoms with Gasteiger partial charge in [-0.2, -0.15) is 0 Å². The third-order valence-corrected chi connectivity index (χ3v) is 2.14. The summed E-state index contributed by atoms with van der Waals surface area (Å²) < 4.78 is 1.53. The van der Waals surface area contributed by atoms with Crippen molar-refractivity contribution in [1.82, 2.24) is 20.3 Å². The first kappa shape index (κ1) is 12.6. The minimum atomic E-state index is -0.0300. The highest BCUT2D eigenvalue weighted by Crippen LogP contribution is 1.93. The monoisotopic (exact) mass is 225 g/mol. The maximum atomic E-state index is 11.4. The van der Waals surface area contributed by atoms with Gasteiger partial charge in [-0.05, 0) is 13.0 Å². The maximum Gasteiger partial charge on any atom is 0.241 e. The van der Waals surface area contributed by atoms with Gasteiger partial charge in [0.15, 0.2) is 0 Å². The van der Waals surface area contributed by atoms with Crippen LogP contribution in [0.15, 0.2) is 6.20 Å². The number of amides is 1. The fourth-order valence-electron chi connectivity index (χ4n) is 1.29. The van der Waals surface area contributed by atoms with Gasteiger partial charge in [0.2, 0.25) is 5.91 Å². The Balaban J connectivity index is 2.31. The second-order valence-electron chi connectivity index (χ2n) is 3.65. The minimum absolute atomic E-state index is 0.0300. The minimum Gasteiger partial charge on any atom is -0.354 e. The molecule has 0 aliphatic heterocycles. The highest BCUT2D eigenvalue weighted by molar-refractivity contribution is 5.75. The van der Waals surface area contributed by atoms with E-state index in [4.69, 9.17) is 5.73 Å². The number of aromatic nitrogens is 3. The van der Waals surface area contributed by atoms with E-state index in [2.05, 4.69) is 22.6 Å². The van der Waals surface area contributed by atoms with E-state index in [-0.39, 0.29) is 12.5 Å². The molecule has 0 atom stereocenters. The highest BCUT2D eigenvalue weighted by Gasteiger charge is 2.04. The van der Waals surface area contributed by atoms with Crippen LogP contribution in [0.25, 0.3) is 0 Å². The molecule has 0 saturated heterocycles. The number of hydrogen-bond acceptors (Lipinski definition) is 4. The van der Waals surface area contributed by atoms with Gasteiger partial charge in [-0.3, -0.25) is 4.79 Å². The maximum absolute atomic E-state index is 11.4. The van der Waals surface area contributed by atoms with Crippen LogP contribution < -0.4 is 11.1 Å². The molecule has 0 unspecified atom stereocenters. The average Bonchev–Trinajstić information content (AvgIpc) is 2.66. The van der Waals surface area contributed by atoms with Gasteiger partial charge in [0.25, 0.3) is 0 Å². The Bertz CT molecular complexity index is 323. The number of nitrogens with zero attached hydrogens (tertiary/aromatic N) is 3. The van der Waals surface area contributed by atoms with E-state index in [1.807, 2.05) is 0 Å². The van der Waals surface area contributed by atoms with Crippen LogP contribution in [0.2, 0.25) is 0 Å². The molecule has 6 heteroatoms. The highest BCUT2D eigenvalue weighted by atomic mass is 16.2. The molecule has 0 fully saturated rings. The summed E-state index contributed by atoms with van der Waals surface area (Å²) in [6.07, 6.45) is 4.52. The zero-order valence-electron chi connectivity index (χ0n) is 9.65. The van der Waals surface area contributed by atoms with Gasteiger partial charge in [-0.25, -0.2) is 4.68 Å². The van der Waals surface area contributed by atoms with Crippen molar-refractivity contribution in [3.05, 3.63) is 11.9 Å². The molecule has 0 radical (unpaired) electrons. The van der Waals surface area contributed by atoms with Crippen LogP contribution in [-0.2, 0) is 17.8 Å². The smallest absolute Gasteiger partial charge is 0.241 e. The normalized spacial score (nSPS) is 10.4. The van der Waals surface area contributed by atoms with E-state index >= 15 is 0 Å². The first-order chi connectivity index (χ1) is 7.76. The molecule has 0 aliphatic carbocycles. The van der Waals surface area contributed by atoms with Crippen molar-refractivity contribution < 1.29 is 4.79 Å². The first-order valence-corrected chi connectivity index (χ1v) is 5.62. The van der Waals surface area contributed by atoms with Crippen LogP contribution in [0, 0.1) is 0 Å². The Morgan fingerprint density at radius 2 is 2.44 bits per heavy atom. The largest absolute Gasteiger partial charge is 0.354 e. The lowest BCUT2D eigenvalue weighted by Crippen LogP contribution is -2.28. The van der Waals surface area contributed by atoms with E-state index in [0.29, 0.717) is 13.0 Å². The van der Waals surface area contributed by atoms with Crippen LogP contribution in [0.1, 0.15) is 25.5 Å². The third-order valence-electron chi connectivity index (χ3n) is 2.14. The molecule has 0 saturated carbocycles. The van der Waals surface area contributed by atoms with Crippen molar-refractivity contribution in [3.63, 3.8) is 0 Å². The quantitative estimate of drug-likeness (QED) is 0.624. The van der Waals surface area contributed by atoms with E-state index in [0.717, 1.165) is 25.1 Å². The van der Waals surface area contributed by atoms with Crippen molar-refractivity contribution in [3.8, 4) is 0 Å². The Labute approximate surface area is 95.2 Å². The molecular weight excluding hydrogens is 206 g/mol. The number of hydrogen-bond donors (Lipinski definition) is 2. The molecule has 0 bridgehead atoms. The molecule has 1 heterocycles. The fraction of sp³-hybridized carbons (Fsp3) is 0.700. The summed E-state index contributed by atoms with van der Waals surface area (Å²) in [7, 11) is 0. The van der Waals surface area contributed by atoms with Crippen LogP contribution in [-0.4, -0.2) is 34.0 Å². The first-order valence-electron chi connectivity index (χ1n) is 5.62. The summed E-state index contributed by atoms with van der Waals surface area (Å²) in [6, 6.07) is 0. The summed E-state index contributed by atoms with van der Waals surface area (Å²) in [6.45, 7) is 3.57. The number of rotatable bonds is 7. The van der Waals surface area contributed by atoms with E-state index < -0.39 is 0 Å². The summed E-state index contributed by atoms with van der Waals surface area (Å²) >= 11 is 0. The lowest BCUT2D eigenvalue weighted by molar-refractivity contribution is -0.121. The van der Waals surface area contributed by atoms with Gasteiger partial charge in [0.05, 0.1) is 5.69 Å². The summed E-state index contributed by atoms with van der Waals surface area (Å²) in [5.74, 6) is -0.0300. The van der Waals surface area contributed by atoms with Crippen LogP contribution >= 0.6 is 0 Å². The van der Waals surface area contributed by atoms with Crippen molar-refractivity contribution in [1.29, 1.82) is 0 Å². The van der Waals surface area contributed by atoms with Crippen molar-refractivity contribution in [2.75, 3.05) is 13.1 Å². The van der Waals surface area contributed by atoms with Gasteiger partial charge in [-0.15, -0.1) is 5.10 Å². The summed E-state index contributed by atoms with van der Waals surface area (Å²) in [5.41, 5.74) is 6.22. The molecule has 1 aromatic rings. The second-order valence-corrected chi connectivity index (χ2v) is 3.65. The van der Waals surface area contributed by atoms with Crippen molar-refractivity contribution >= 4 is 5.91 Å². The molecule has 1 rings (SSSR count). The lowest BCUT2D eigenvalue weighted by atomic mass is 10.3.